The monoisotopic (exact) mass is 1170 g/mol. The molecule has 2 heterocycles. The molecule has 14 nitrogen and oxygen atoms in total. The van der Waals surface area contributed by atoms with E-state index in [1.54, 1.807) is 65.8 Å². The van der Waals surface area contributed by atoms with Crippen LogP contribution in [0.1, 0.15) is 126 Å². The molecule has 2 aliphatic carbocycles. The predicted octanol–water partition coefficient (Wildman–Crippen LogP) is 12.8. The van der Waals surface area contributed by atoms with Crippen molar-refractivity contribution in [3.8, 4) is 33.8 Å². The van der Waals surface area contributed by atoms with Crippen LogP contribution in [0.3, 0.4) is 0 Å². The van der Waals surface area contributed by atoms with Gasteiger partial charge in [-0.25, -0.2) is 41.1 Å². The number of rotatable bonds is 14. The highest BCUT2D eigenvalue weighted by atomic mass is 32.2. The molecule has 0 fully saturated rings. The molecule has 0 bridgehead atoms. The number of hydrogen-bond donors (Lipinski definition) is 1. The minimum atomic E-state index is -4.49. The van der Waals surface area contributed by atoms with Crippen LogP contribution >= 0.6 is 0 Å². The summed E-state index contributed by atoms with van der Waals surface area (Å²) in [5, 5.41) is -0.454. The molecule has 0 aliphatic heterocycles. The van der Waals surface area contributed by atoms with E-state index in [-0.39, 0.29) is 34.4 Å². The smallest absolute Gasteiger partial charge is 0.416 e. The maximum atomic E-state index is 13.6. The van der Waals surface area contributed by atoms with Crippen LogP contribution in [-0.4, -0.2) is 74.5 Å². The van der Waals surface area contributed by atoms with Crippen molar-refractivity contribution < 1.29 is 71.7 Å². The van der Waals surface area contributed by atoms with Crippen LogP contribution in [0, 0.1) is 0 Å². The maximum absolute atomic E-state index is 13.6. The average molecular weight is 1170 g/mol. The number of carbonyl (C=O) groups is 2. The number of alkyl halides is 6. The average Bonchev–Trinajstić information content (AvgIpc) is 4.02. The number of carbonyl (C=O) groups excluding carboxylic acids is 2. The zero-order valence-electron chi connectivity index (χ0n) is 45.8. The maximum Gasteiger partial charge on any atom is 0.416 e. The molecule has 2 aromatic heterocycles. The number of nitrogens with zero attached hydrogens (tertiary/aromatic N) is 3. The molecular weight excluding hydrogens is 1100 g/mol. The van der Waals surface area contributed by atoms with Gasteiger partial charge in [-0.15, -0.1) is 0 Å². The summed E-state index contributed by atoms with van der Waals surface area (Å²) >= 11 is 0. The van der Waals surface area contributed by atoms with Crippen LogP contribution in [0.5, 0.6) is 11.5 Å². The van der Waals surface area contributed by atoms with E-state index in [9.17, 15) is 52.8 Å². The summed E-state index contributed by atoms with van der Waals surface area (Å²) in [6, 6.07) is 24.7. The lowest BCUT2D eigenvalue weighted by molar-refractivity contribution is -0.158. The minimum Gasteiger partial charge on any atom is -0.482 e. The normalized spacial score (nSPS) is 16.1. The number of aromatic nitrogens is 2. The highest BCUT2D eigenvalue weighted by Gasteiger charge is 2.35. The highest BCUT2D eigenvalue weighted by Crippen LogP contribution is 2.41. The van der Waals surface area contributed by atoms with Gasteiger partial charge in [0.15, 0.2) is 23.3 Å². The Hall–Kier alpha value is -6.88. The molecule has 2 aliphatic rings. The van der Waals surface area contributed by atoms with Gasteiger partial charge in [-0.2, -0.15) is 30.6 Å². The van der Waals surface area contributed by atoms with E-state index in [4.69, 9.17) is 18.9 Å². The number of halogens is 6. The second-order valence-corrected chi connectivity index (χ2v) is 25.1. The van der Waals surface area contributed by atoms with Crippen LogP contribution in [0.4, 0.5) is 26.3 Å². The van der Waals surface area contributed by atoms with Crippen molar-refractivity contribution in [2.45, 2.75) is 139 Å². The van der Waals surface area contributed by atoms with Crippen molar-refractivity contribution in [2.75, 3.05) is 20.3 Å². The summed E-state index contributed by atoms with van der Waals surface area (Å²) in [6.45, 7) is 10.1. The molecule has 0 spiro atoms. The molecule has 8 rings (SSSR count). The number of sulfonamides is 2. The molecule has 0 radical (unpaired) electrons. The van der Waals surface area contributed by atoms with E-state index < -0.39 is 78.8 Å². The first-order chi connectivity index (χ1) is 37.9. The number of benzene rings is 4. The molecule has 81 heavy (non-hydrogen) atoms. The zero-order valence-corrected chi connectivity index (χ0v) is 47.4. The molecule has 22 heteroatoms. The Morgan fingerprint density at radius 2 is 1.01 bits per heavy atom. The van der Waals surface area contributed by atoms with E-state index in [1.807, 2.05) is 12.1 Å². The summed E-state index contributed by atoms with van der Waals surface area (Å²) in [5.41, 5.74) is 1.60. The number of pyridine rings is 2. The van der Waals surface area contributed by atoms with Crippen LogP contribution in [-0.2, 0) is 64.3 Å². The van der Waals surface area contributed by atoms with Crippen molar-refractivity contribution in [2.24, 2.45) is 0 Å². The number of esters is 2. The van der Waals surface area contributed by atoms with Gasteiger partial charge >= 0.3 is 24.3 Å². The third kappa shape index (κ3) is 16.4. The van der Waals surface area contributed by atoms with E-state index in [1.165, 1.54) is 72.3 Å². The van der Waals surface area contributed by atoms with Gasteiger partial charge in [0.1, 0.15) is 22.7 Å². The van der Waals surface area contributed by atoms with Crippen LogP contribution < -0.4 is 14.2 Å². The van der Waals surface area contributed by atoms with Crippen molar-refractivity contribution in [1.29, 1.82) is 0 Å². The summed E-state index contributed by atoms with van der Waals surface area (Å²) in [7, 11) is -6.63. The zero-order chi connectivity index (χ0) is 59.1. The first-order valence-electron chi connectivity index (χ1n) is 26.1. The van der Waals surface area contributed by atoms with E-state index in [0.717, 1.165) is 72.2 Å². The number of fused-ring (bicyclic) bond motifs is 2. The molecular formula is C59H64F6N4O10S2. The molecule has 0 saturated carbocycles. The lowest BCUT2D eigenvalue weighted by atomic mass is 9.98. The van der Waals surface area contributed by atoms with Crippen LogP contribution in [0.2, 0.25) is 0 Å². The fraction of sp³-hybridized carbons (Fsp3) is 0.390. The van der Waals surface area contributed by atoms with Gasteiger partial charge in [0.25, 0.3) is 20.0 Å². The topological polar surface area (TPSA) is 180 Å². The van der Waals surface area contributed by atoms with Gasteiger partial charge in [-0.1, -0.05) is 61.4 Å². The van der Waals surface area contributed by atoms with Crippen molar-refractivity contribution in [3.05, 3.63) is 155 Å². The molecule has 2 atom stereocenters. The fourth-order valence-electron chi connectivity index (χ4n) is 9.45. The summed E-state index contributed by atoms with van der Waals surface area (Å²) in [5.74, 6) is 0.00269. The quantitative estimate of drug-likeness (QED) is 0.0620. The second kappa shape index (κ2) is 25.1. The molecule has 6 aromatic rings. The Bertz CT molecular complexity index is 3420. The largest absolute Gasteiger partial charge is 0.482 e. The Balaban J connectivity index is 0.000000234. The number of hydrogen-bond acceptors (Lipinski definition) is 12. The third-order valence-electron chi connectivity index (χ3n) is 13.1. The van der Waals surface area contributed by atoms with Gasteiger partial charge < -0.3 is 18.9 Å². The van der Waals surface area contributed by atoms with E-state index in [0.29, 0.717) is 48.3 Å². The summed E-state index contributed by atoms with van der Waals surface area (Å²) < 4.78 is 159. The highest BCUT2D eigenvalue weighted by molar-refractivity contribution is 7.89. The fourth-order valence-corrected chi connectivity index (χ4v) is 11.9. The van der Waals surface area contributed by atoms with Crippen molar-refractivity contribution in [3.63, 3.8) is 0 Å². The van der Waals surface area contributed by atoms with E-state index in [2.05, 4.69) is 14.7 Å². The first-order valence-corrected chi connectivity index (χ1v) is 29.0. The molecule has 4 aromatic carbocycles. The second-order valence-electron chi connectivity index (χ2n) is 21.5. The Labute approximate surface area is 468 Å². The molecule has 2 unspecified atom stereocenters. The van der Waals surface area contributed by atoms with Gasteiger partial charge in [0.2, 0.25) is 0 Å². The lowest BCUT2D eigenvalue weighted by Crippen LogP contribution is -2.32. The Morgan fingerprint density at radius 1 is 0.568 bits per heavy atom. The van der Waals surface area contributed by atoms with Gasteiger partial charge in [-0.3, -0.25) is 0 Å². The number of nitrogens with one attached hydrogen (secondary N) is 1. The lowest BCUT2D eigenvalue weighted by Gasteiger charge is -2.28. The van der Waals surface area contributed by atoms with Crippen molar-refractivity contribution in [1.82, 2.24) is 19.0 Å². The van der Waals surface area contributed by atoms with Gasteiger partial charge in [-0.05, 0) is 174 Å². The van der Waals surface area contributed by atoms with Crippen molar-refractivity contribution >= 4 is 32.0 Å². The number of ether oxygens (including phenoxy) is 4. The Morgan fingerprint density at radius 3 is 1.47 bits per heavy atom. The molecule has 434 valence electrons. The minimum absolute atomic E-state index is 0.209. The molecule has 0 saturated heterocycles. The summed E-state index contributed by atoms with van der Waals surface area (Å²) in [4.78, 5) is 32.5. The summed E-state index contributed by atoms with van der Waals surface area (Å²) in [6.07, 6.45) is -0.899. The first kappa shape index (κ1) is 61.7. The van der Waals surface area contributed by atoms with Gasteiger partial charge in [0.05, 0.1) is 17.2 Å². The molecule has 1 N–H and O–H groups in total. The van der Waals surface area contributed by atoms with E-state index >= 15 is 0 Å². The third-order valence-corrected chi connectivity index (χ3v) is 16.3. The predicted molar refractivity (Wildman–Crippen MR) is 291 cm³/mol. The van der Waals surface area contributed by atoms with Crippen LogP contribution in [0.15, 0.2) is 132 Å². The standard InChI is InChI=1S/C30H33F3N2O5S.C29H31F3N2O5S/c1-29(2,3)40-28(36)19-39-26-14-8-12-23-24(26)11-5-6-13-25(23)35(4)41(37,38)27-16-15-21(18-34-27)20-9-7-10-22(17-20)30(31,32)33;1-28(2,3)39-27(35)18-38-25-13-7-11-22-23(25)10-4-5-12-24(22)34-40(36,37)26-15-14-20(17-33-26)19-8-6-9-21(16-19)29(30,31)32/h7-10,12,14-18,25H,5-6,11,13,19H2,1-4H3;6-9,11,13-17,24,34H,4-5,10,12,18H2,1-3H3. The van der Waals surface area contributed by atoms with Gasteiger partial charge in [0, 0.05) is 36.6 Å². The Kier molecular flexibility index (Phi) is 19.1. The molecule has 0 amide bonds. The van der Waals surface area contributed by atoms with Crippen LogP contribution in [0.25, 0.3) is 22.3 Å². The SMILES string of the molecule is CC(C)(C)OC(=O)COc1cccc2c1CCCCC2NS(=O)(=O)c1ccc(-c2cccc(C(F)(F)F)c2)cn1.CN(C1CCCCc2c(OCC(=O)OC(C)(C)C)cccc21)S(=O)(=O)c1ccc(-c2cccc(C(F)(F)F)c2)cn1.